The fourth-order valence-electron chi connectivity index (χ4n) is 7.04. The van der Waals surface area contributed by atoms with Gasteiger partial charge in [0.05, 0.1) is 31.7 Å². The molecular weight excluding hydrogens is 578 g/mol. The third-order valence-electron chi connectivity index (χ3n) is 8.95. The van der Waals surface area contributed by atoms with Crippen molar-refractivity contribution in [2.45, 2.75) is 28.5 Å². The number of phenolic OH excluding ortho intramolecular Hbond substituents is 1. The average Bonchev–Trinajstić information content (AvgIpc) is 3.26. The summed E-state index contributed by atoms with van der Waals surface area (Å²) in [5.74, 6) is -6.56. The molecule has 214 valence electrons. The van der Waals surface area contributed by atoms with Gasteiger partial charge in [-0.15, -0.1) is 23.2 Å². The predicted molar refractivity (Wildman–Crippen MR) is 146 cm³/mol. The van der Waals surface area contributed by atoms with Gasteiger partial charge < -0.3 is 14.6 Å². The summed E-state index contributed by atoms with van der Waals surface area (Å²) in [7, 11) is 4.17. The van der Waals surface area contributed by atoms with Crippen LogP contribution in [0.15, 0.2) is 48.0 Å². The van der Waals surface area contributed by atoms with Crippen LogP contribution in [0.2, 0.25) is 0 Å². The lowest BCUT2D eigenvalue weighted by Gasteiger charge is -2.50. The van der Waals surface area contributed by atoms with Gasteiger partial charge in [0.25, 0.3) is 11.8 Å². The van der Waals surface area contributed by atoms with E-state index in [2.05, 4.69) is 0 Å². The number of ether oxygens (including phenoxy) is 2. The Morgan fingerprint density at radius 1 is 0.976 bits per heavy atom. The first-order valence-corrected chi connectivity index (χ1v) is 13.6. The third-order valence-corrected chi connectivity index (χ3v) is 10.4. The Bertz CT molecular complexity index is 1560. The second-order valence-electron chi connectivity index (χ2n) is 10.7. The van der Waals surface area contributed by atoms with Crippen LogP contribution in [-0.2, 0) is 19.2 Å². The number of halogens is 3. The van der Waals surface area contributed by atoms with E-state index in [1.807, 2.05) is 0 Å². The molecule has 2 aromatic rings. The number of anilines is 1. The monoisotopic (exact) mass is 602 g/mol. The van der Waals surface area contributed by atoms with Crippen LogP contribution >= 0.6 is 23.2 Å². The normalized spacial score (nSPS) is 32.5. The van der Waals surface area contributed by atoms with Crippen LogP contribution < -0.4 is 14.4 Å². The van der Waals surface area contributed by atoms with Crippen molar-refractivity contribution >= 4 is 52.5 Å². The van der Waals surface area contributed by atoms with Crippen LogP contribution in [0.5, 0.6) is 17.2 Å². The topological polar surface area (TPSA) is 113 Å². The van der Waals surface area contributed by atoms with E-state index in [-0.39, 0.29) is 47.2 Å². The first-order valence-electron chi connectivity index (χ1n) is 12.9. The first kappa shape index (κ1) is 27.5. The average molecular weight is 603 g/mol. The van der Waals surface area contributed by atoms with Gasteiger partial charge in [-0.05, 0) is 43.0 Å². The number of rotatable bonds is 4. The fraction of sp³-hybridized carbons (Fsp3) is 0.379. The van der Waals surface area contributed by atoms with Gasteiger partial charge >= 0.3 is 0 Å². The number of allylic oxidation sites excluding steroid dienone is 2. The summed E-state index contributed by atoms with van der Waals surface area (Å²) in [4.78, 5) is 52.4. The highest BCUT2D eigenvalue weighted by atomic mass is 35.5. The maximum Gasteiger partial charge on any atom is 0.258 e. The van der Waals surface area contributed by atoms with Crippen LogP contribution in [0.4, 0.5) is 10.1 Å². The number of nitrogens with zero attached hydrogens (tertiary/aromatic N) is 2. The molecule has 6 atom stereocenters. The summed E-state index contributed by atoms with van der Waals surface area (Å²) in [6.07, 6.45) is 1.71. The van der Waals surface area contributed by atoms with Crippen molar-refractivity contribution in [1.29, 1.82) is 0 Å². The molecule has 2 aliphatic carbocycles. The number of hydrogen-bond donors (Lipinski definition) is 1. The molecule has 0 spiro atoms. The SMILES string of the molecule is COc1cc(O)c([C@H]2C3=CC[C@@H]4C(=O)N(C)C(=O)[C@@H]4[C@@H]3C[C@@]3(Cl)C(=O)N(c4ccc(F)cc4)C(=O)[C@@]23Cl)c(OC)c1. The molecule has 9 nitrogen and oxygen atoms in total. The zero-order chi connectivity index (χ0) is 29.6. The number of alkyl halides is 2. The second-order valence-corrected chi connectivity index (χ2v) is 12.0. The standard InChI is InChI=1S/C29H25Cl2FN2O7/c1-33-24(36)17-9-8-16-18(21(17)25(33)37)12-28(30)26(38)34(14-6-4-13(32)5-7-14)27(39)29(28,31)23(16)22-19(35)10-15(40-2)11-20(22)41-3/h4-8,10-11,17-18,21,23,35H,9,12H2,1-3H3/t17-,18+,21-,23+,28+,29-/m0/s1. The summed E-state index contributed by atoms with van der Waals surface area (Å²) < 4.78 is 24.6. The van der Waals surface area contributed by atoms with Crippen LogP contribution in [0.3, 0.4) is 0 Å². The Morgan fingerprint density at radius 3 is 2.29 bits per heavy atom. The molecule has 0 unspecified atom stereocenters. The van der Waals surface area contributed by atoms with E-state index in [0.29, 0.717) is 5.57 Å². The predicted octanol–water partition coefficient (Wildman–Crippen LogP) is 3.74. The van der Waals surface area contributed by atoms with E-state index in [9.17, 15) is 28.7 Å². The molecule has 4 amide bonds. The Balaban J connectivity index is 1.62. The molecule has 3 fully saturated rings. The maximum absolute atomic E-state index is 14.3. The van der Waals surface area contributed by atoms with Gasteiger partial charge in [-0.25, -0.2) is 9.29 Å². The number of likely N-dealkylation sites (tertiary alicyclic amines) is 1. The number of carbonyl (C=O) groups excluding carboxylic acids is 4. The van der Waals surface area contributed by atoms with Crippen LogP contribution in [-0.4, -0.2) is 64.7 Å². The highest BCUT2D eigenvalue weighted by Gasteiger charge is 2.77. The van der Waals surface area contributed by atoms with Crippen molar-refractivity contribution < 1.29 is 38.1 Å². The number of aromatic hydroxyl groups is 1. The third kappa shape index (κ3) is 3.46. The van der Waals surface area contributed by atoms with Gasteiger partial charge in [-0.3, -0.25) is 24.1 Å². The number of hydrogen-bond acceptors (Lipinski definition) is 7. The van der Waals surface area contributed by atoms with E-state index in [0.717, 1.165) is 21.9 Å². The zero-order valence-corrected chi connectivity index (χ0v) is 23.7. The molecule has 2 saturated heterocycles. The molecule has 41 heavy (non-hydrogen) atoms. The number of phenols is 1. The highest BCUT2D eigenvalue weighted by Crippen LogP contribution is 2.67. The molecule has 6 rings (SSSR count). The molecule has 12 heteroatoms. The first-order chi connectivity index (χ1) is 19.4. The van der Waals surface area contributed by atoms with E-state index in [1.165, 1.54) is 45.5 Å². The highest BCUT2D eigenvalue weighted by molar-refractivity contribution is 6.58. The quantitative estimate of drug-likeness (QED) is 0.322. The molecular formula is C29H25Cl2FN2O7. The molecule has 2 heterocycles. The van der Waals surface area contributed by atoms with Crippen LogP contribution in [0, 0.1) is 23.6 Å². The van der Waals surface area contributed by atoms with Crippen molar-refractivity contribution in [2.75, 3.05) is 26.2 Å². The van der Waals surface area contributed by atoms with Crippen molar-refractivity contribution in [3.8, 4) is 17.2 Å². The van der Waals surface area contributed by atoms with Gasteiger partial charge in [0.2, 0.25) is 11.8 Å². The smallest absolute Gasteiger partial charge is 0.258 e. The van der Waals surface area contributed by atoms with E-state index in [1.54, 1.807) is 6.08 Å². The summed E-state index contributed by atoms with van der Waals surface area (Å²) in [6, 6.07) is 7.54. The number of fused-ring (bicyclic) bond motifs is 4. The lowest BCUT2D eigenvalue weighted by Crippen LogP contribution is -2.60. The summed E-state index contributed by atoms with van der Waals surface area (Å²) in [5, 5.41) is 11.3. The fourth-order valence-corrected chi connectivity index (χ4v) is 7.96. The van der Waals surface area contributed by atoms with Gasteiger partial charge in [0.15, 0.2) is 9.75 Å². The minimum absolute atomic E-state index is 0.0576. The van der Waals surface area contributed by atoms with Gasteiger partial charge in [0.1, 0.15) is 23.1 Å². The minimum Gasteiger partial charge on any atom is -0.507 e. The van der Waals surface area contributed by atoms with E-state index < -0.39 is 57.0 Å². The molecule has 1 N–H and O–H groups in total. The van der Waals surface area contributed by atoms with E-state index >= 15 is 0 Å². The molecule has 2 aromatic carbocycles. The largest absolute Gasteiger partial charge is 0.507 e. The van der Waals surface area contributed by atoms with Crippen molar-refractivity contribution in [3.05, 3.63) is 59.4 Å². The number of amides is 4. The Morgan fingerprint density at radius 2 is 1.66 bits per heavy atom. The number of benzene rings is 2. The number of carbonyl (C=O) groups is 4. The van der Waals surface area contributed by atoms with Crippen LogP contribution in [0.25, 0.3) is 0 Å². The molecule has 0 aromatic heterocycles. The van der Waals surface area contributed by atoms with Crippen molar-refractivity contribution in [3.63, 3.8) is 0 Å². The van der Waals surface area contributed by atoms with Gasteiger partial charge in [-0.1, -0.05) is 11.6 Å². The second kappa shape index (κ2) is 9.19. The summed E-state index contributed by atoms with van der Waals surface area (Å²) in [6.45, 7) is 0. The van der Waals surface area contributed by atoms with Crippen LogP contribution in [0.1, 0.15) is 24.3 Å². The van der Waals surface area contributed by atoms with E-state index in [4.69, 9.17) is 32.7 Å². The summed E-state index contributed by atoms with van der Waals surface area (Å²) >= 11 is 14.6. The Labute approximate surface area is 244 Å². The lowest BCUT2D eigenvalue weighted by atomic mass is 9.56. The van der Waals surface area contributed by atoms with Crippen molar-refractivity contribution in [1.82, 2.24) is 4.90 Å². The van der Waals surface area contributed by atoms with Gasteiger partial charge in [0, 0.05) is 30.7 Å². The molecule has 1 saturated carbocycles. The van der Waals surface area contributed by atoms with Crippen molar-refractivity contribution in [2.24, 2.45) is 17.8 Å². The van der Waals surface area contributed by atoms with Gasteiger partial charge in [-0.2, -0.15) is 0 Å². The maximum atomic E-state index is 14.3. The number of imide groups is 2. The molecule has 0 radical (unpaired) electrons. The zero-order valence-electron chi connectivity index (χ0n) is 22.2. The summed E-state index contributed by atoms with van der Waals surface area (Å²) in [5.41, 5.74) is 0.631. The Kier molecular flexibility index (Phi) is 6.17. The lowest BCUT2D eigenvalue weighted by molar-refractivity contribution is -0.138. The molecule has 0 bridgehead atoms. The molecule has 2 aliphatic heterocycles. The Hall–Kier alpha value is -3.63. The number of methoxy groups -OCH3 is 2. The molecule has 4 aliphatic rings. The minimum atomic E-state index is -2.20.